The van der Waals surface area contributed by atoms with Gasteiger partial charge in [-0.25, -0.2) is 4.79 Å². The highest BCUT2D eigenvalue weighted by Crippen LogP contribution is 2.08. The van der Waals surface area contributed by atoms with Gasteiger partial charge < -0.3 is 37.6 Å². The van der Waals surface area contributed by atoms with Crippen LogP contribution in [0.1, 0.15) is 52.9 Å². The molecular weight excluding hydrogens is 450 g/mol. The topological polar surface area (TPSA) is 197 Å². The number of hydrogen-bond acceptors (Lipinski definition) is 8. The maximum atomic E-state index is 13.0. The van der Waals surface area contributed by atoms with E-state index in [-0.39, 0.29) is 12.3 Å². The monoisotopic (exact) mass is 491 g/mol. The number of carbonyl (C=O) groups is 4. The molecule has 0 saturated carbocycles. The second kappa shape index (κ2) is 16.7. The predicted molar refractivity (Wildman–Crippen MR) is 128 cm³/mol. The van der Waals surface area contributed by atoms with Crippen LogP contribution in [0.5, 0.6) is 0 Å². The molecule has 12 heteroatoms. The highest BCUT2D eigenvalue weighted by molar-refractivity contribution is 7.98. The minimum absolute atomic E-state index is 0.200. The second-order valence-electron chi connectivity index (χ2n) is 8.49. The number of carboxylic acid groups (broad SMARTS) is 1. The van der Waals surface area contributed by atoms with Crippen molar-refractivity contribution in [1.29, 1.82) is 0 Å². The van der Waals surface area contributed by atoms with Gasteiger partial charge in [0.25, 0.3) is 0 Å². The Morgan fingerprint density at radius 1 is 0.909 bits per heavy atom. The van der Waals surface area contributed by atoms with Gasteiger partial charge in [-0.05, 0) is 63.5 Å². The number of carboxylic acids is 1. The number of nitrogens with two attached hydrogens (primary N) is 2. The highest BCUT2D eigenvalue weighted by atomic mass is 32.2. The van der Waals surface area contributed by atoms with Crippen LogP contribution in [0.3, 0.4) is 0 Å². The van der Waals surface area contributed by atoms with Gasteiger partial charge >= 0.3 is 5.97 Å². The molecule has 3 amide bonds. The molecule has 0 radical (unpaired) electrons. The summed E-state index contributed by atoms with van der Waals surface area (Å²) in [5.41, 5.74) is 11.5. The summed E-state index contributed by atoms with van der Waals surface area (Å²) in [6, 6.07) is -4.24. The van der Waals surface area contributed by atoms with E-state index in [0.29, 0.717) is 38.0 Å². The Morgan fingerprint density at radius 2 is 1.45 bits per heavy atom. The Bertz CT molecular complexity index is 634. The van der Waals surface area contributed by atoms with Crippen molar-refractivity contribution in [2.24, 2.45) is 17.4 Å². The fourth-order valence-corrected chi connectivity index (χ4v) is 3.55. The van der Waals surface area contributed by atoms with Crippen LogP contribution >= 0.6 is 11.8 Å². The molecule has 0 aliphatic heterocycles. The van der Waals surface area contributed by atoms with Crippen molar-refractivity contribution >= 4 is 35.5 Å². The third-order valence-electron chi connectivity index (χ3n) is 4.93. The van der Waals surface area contributed by atoms with Gasteiger partial charge in [0.05, 0.1) is 12.1 Å². The van der Waals surface area contributed by atoms with Crippen LogP contribution in [-0.2, 0) is 19.2 Å². The van der Waals surface area contributed by atoms with Crippen molar-refractivity contribution in [2.75, 3.05) is 18.6 Å². The van der Waals surface area contributed by atoms with E-state index in [9.17, 15) is 29.4 Å². The number of aliphatic hydroxyl groups excluding tert-OH is 1. The molecular formula is C21H41N5O6S. The smallest absolute Gasteiger partial charge is 0.328 e. The van der Waals surface area contributed by atoms with E-state index in [1.165, 1.54) is 18.7 Å². The number of amides is 3. The molecule has 5 atom stereocenters. The Kier molecular flexibility index (Phi) is 15.7. The summed E-state index contributed by atoms with van der Waals surface area (Å²) in [5.74, 6) is -2.42. The molecule has 0 bridgehead atoms. The molecule has 0 aromatic carbocycles. The van der Waals surface area contributed by atoms with E-state index in [1.54, 1.807) is 0 Å². The lowest BCUT2D eigenvalue weighted by Gasteiger charge is -2.26. The number of thioether (sulfide) groups is 1. The average Bonchev–Trinajstić information content (AvgIpc) is 2.72. The number of carbonyl (C=O) groups excluding carboxylic acids is 3. The summed E-state index contributed by atoms with van der Waals surface area (Å²) in [6.07, 6.45) is 2.75. The van der Waals surface area contributed by atoms with Crippen LogP contribution in [0, 0.1) is 5.92 Å². The Labute approximate surface area is 200 Å². The summed E-state index contributed by atoms with van der Waals surface area (Å²) < 4.78 is 0. The molecule has 0 aromatic heterocycles. The van der Waals surface area contributed by atoms with Gasteiger partial charge in [-0.15, -0.1) is 0 Å². The highest BCUT2D eigenvalue weighted by Gasteiger charge is 2.31. The van der Waals surface area contributed by atoms with Crippen molar-refractivity contribution < 1.29 is 29.4 Å². The molecule has 9 N–H and O–H groups in total. The summed E-state index contributed by atoms with van der Waals surface area (Å²) >= 11 is 1.45. The largest absolute Gasteiger partial charge is 0.480 e. The number of rotatable bonds is 17. The Morgan fingerprint density at radius 3 is 1.94 bits per heavy atom. The molecule has 0 aromatic rings. The van der Waals surface area contributed by atoms with Crippen molar-refractivity contribution in [1.82, 2.24) is 16.0 Å². The molecule has 0 aliphatic carbocycles. The molecule has 192 valence electrons. The van der Waals surface area contributed by atoms with Crippen molar-refractivity contribution in [3.63, 3.8) is 0 Å². The average molecular weight is 492 g/mol. The van der Waals surface area contributed by atoms with Crippen LogP contribution in [-0.4, -0.2) is 82.7 Å². The molecule has 0 heterocycles. The van der Waals surface area contributed by atoms with E-state index in [2.05, 4.69) is 16.0 Å². The van der Waals surface area contributed by atoms with Gasteiger partial charge in [0, 0.05) is 0 Å². The van der Waals surface area contributed by atoms with Crippen LogP contribution in [0.2, 0.25) is 0 Å². The molecule has 0 fully saturated rings. The van der Waals surface area contributed by atoms with Gasteiger partial charge in [-0.3, -0.25) is 14.4 Å². The van der Waals surface area contributed by atoms with Gasteiger partial charge in [0.15, 0.2) is 6.04 Å². The third kappa shape index (κ3) is 12.8. The molecule has 11 nitrogen and oxygen atoms in total. The number of aliphatic carboxylic acids is 1. The van der Waals surface area contributed by atoms with Crippen LogP contribution in [0.25, 0.3) is 0 Å². The van der Waals surface area contributed by atoms with Crippen molar-refractivity contribution in [2.45, 2.75) is 83.1 Å². The lowest BCUT2D eigenvalue weighted by molar-refractivity contribution is -0.145. The maximum absolute atomic E-state index is 13.0. The fraction of sp³-hybridized carbons (Fsp3) is 0.810. The van der Waals surface area contributed by atoms with Crippen LogP contribution in [0.15, 0.2) is 0 Å². The second-order valence-corrected chi connectivity index (χ2v) is 9.48. The lowest BCUT2D eigenvalue weighted by Crippen LogP contribution is -2.58. The summed E-state index contributed by atoms with van der Waals surface area (Å²) in [5, 5.41) is 26.4. The fourth-order valence-electron chi connectivity index (χ4n) is 3.07. The lowest BCUT2D eigenvalue weighted by atomic mass is 10.0. The van der Waals surface area contributed by atoms with E-state index in [0.717, 1.165) is 0 Å². The normalized spacial score (nSPS) is 15.8. The van der Waals surface area contributed by atoms with Gasteiger partial charge in [0.2, 0.25) is 17.7 Å². The van der Waals surface area contributed by atoms with E-state index in [1.807, 2.05) is 20.1 Å². The Hall–Kier alpha value is -1.89. The van der Waals surface area contributed by atoms with Gasteiger partial charge in [-0.1, -0.05) is 13.8 Å². The first-order valence-corrected chi connectivity index (χ1v) is 12.6. The predicted octanol–water partition coefficient (Wildman–Crippen LogP) is -0.838. The molecule has 0 spiro atoms. The maximum Gasteiger partial charge on any atom is 0.328 e. The zero-order valence-electron chi connectivity index (χ0n) is 20.0. The Balaban J connectivity index is 5.44. The molecule has 0 rings (SSSR count). The molecule has 0 aliphatic rings. The standard InChI is InChI=1S/C21H41N5O6S/c1-12(2)11-14(23)18(28)24-15(7-5-6-9-22)19(29)25-16(8-10-33-4)20(30)26-17(13(3)27)21(31)32/h12-17,27H,5-11,22-23H2,1-4H3,(H,24,28)(H,25,29)(H,26,30)(H,31,32). The first-order chi connectivity index (χ1) is 15.4. The number of hydrogen-bond donors (Lipinski definition) is 7. The summed E-state index contributed by atoms with van der Waals surface area (Å²) in [7, 11) is 0. The SMILES string of the molecule is CSCCC(NC(=O)C(CCCCN)NC(=O)C(N)CC(C)C)C(=O)NC(C(=O)O)C(C)O. The molecule has 33 heavy (non-hydrogen) atoms. The number of aliphatic hydroxyl groups is 1. The minimum Gasteiger partial charge on any atom is -0.480 e. The van der Waals surface area contributed by atoms with Crippen LogP contribution < -0.4 is 27.4 Å². The van der Waals surface area contributed by atoms with Gasteiger partial charge in [0.1, 0.15) is 12.1 Å². The summed E-state index contributed by atoms with van der Waals surface area (Å²) in [4.78, 5) is 49.5. The van der Waals surface area contributed by atoms with Crippen molar-refractivity contribution in [3.05, 3.63) is 0 Å². The minimum atomic E-state index is -1.51. The van der Waals surface area contributed by atoms with E-state index in [4.69, 9.17) is 11.5 Å². The quantitative estimate of drug-likeness (QED) is 0.127. The third-order valence-corrected chi connectivity index (χ3v) is 5.58. The number of nitrogens with one attached hydrogen (secondary N) is 3. The van der Waals surface area contributed by atoms with E-state index >= 15 is 0 Å². The summed E-state index contributed by atoms with van der Waals surface area (Å²) in [6.45, 7) is 5.55. The molecule has 5 unspecified atom stereocenters. The number of unbranched alkanes of at least 4 members (excludes halogenated alkanes) is 1. The van der Waals surface area contributed by atoms with Crippen LogP contribution in [0.4, 0.5) is 0 Å². The first-order valence-electron chi connectivity index (χ1n) is 11.2. The zero-order chi connectivity index (χ0) is 25.6. The molecule has 0 saturated heterocycles. The van der Waals surface area contributed by atoms with E-state index < -0.39 is 54.0 Å². The zero-order valence-corrected chi connectivity index (χ0v) is 20.8. The van der Waals surface area contributed by atoms with Gasteiger partial charge in [-0.2, -0.15) is 11.8 Å². The first kappa shape index (κ1) is 31.1. The van der Waals surface area contributed by atoms with Crippen molar-refractivity contribution in [3.8, 4) is 0 Å².